The van der Waals surface area contributed by atoms with E-state index in [0.717, 1.165) is 38.6 Å². The van der Waals surface area contributed by atoms with Crippen molar-refractivity contribution in [2.75, 3.05) is 13.1 Å². The molecule has 0 radical (unpaired) electrons. The van der Waals surface area contributed by atoms with Crippen molar-refractivity contribution in [3.05, 3.63) is 0 Å². The smallest absolute Gasteiger partial charge is 0.320 e. The minimum atomic E-state index is -0.776. The Kier molecular flexibility index (Phi) is 6.14. The molecule has 3 aliphatic rings. The maximum atomic E-state index is 13.2. The molecule has 0 aromatic carbocycles. The molecule has 0 aromatic rings. The van der Waals surface area contributed by atoms with Gasteiger partial charge in [0.25, 0.3) is 0 Å². The van der Waals surface area contributed by atoms with Crippen LogP contribution in [0.5, 0.6) is 0 Å². The summed E-state index contributed by atoms with van der Waals surface area (Å²) in [6, 6.07) is 0.314. The van der Waals surface area contributed by atoms with Gasteiger partial charge in [0.2, 0.25) is 5.91 Å². The summed E-state index contributed by atoms with van der Waals surface area (Å²) in [7, 11) is 0. The number of amides is 1. The number of nitrogens with zero attached hydrogens (tertiary/aromatic N) is 2. The molecule has 2 saturated carbocycles. The molecule has 1 amide bonds. The average molecular weight is 336 g/mol. The first-order chi connectivity index (χ1) is 11.7. The Morgan fingerprint density at radius 1 is 0.833 bits per heavy atom. The highest BCUT2D eigenvalue weighted by Crippen LogP contribution is 2.31. The maximum absolute atomic E-state index is 13.2. The summed E-state index contributed by atoms with van der Waals surface area (Å²) in [4.78, 5) is 28.7. The second kappa shape index (κ2) is 8.32. The number of rotatable bonds is 5. The van der Waals surface area contributed by atoms with Crippen LogP contribution in [0.1, 0.15) is 77.0 Å². The van der Waals surface area contributed by atoms with Gasteiger partial charge in [-0.05, 0) is 45.1 Å². The van der Waals surface area contributed by atoms with Crippen LogP contribution in [0.3, 0.4) is 0 Å². The topological polar surface area (TPSA) is 60.9 Å². The molecular formula is C19H32N2O3. The predicted octanol–water partition coefficient (Wildman–Crippen LogP) is 3.03. The molecule has 24 heavy (non-hydrogen) atoms. The van der Waals surface area contributed by atoms with Gasteiger partial charge in [0.1, 0.15) is 6.04 Å². The van der Waals surface area contributed by atoms with E-state index in [0.29, 0.717) is 25.0 Å². The number of hydrogen-bond acceptors (Lipinski definition) is 3. The van der Waals surface area contributed by atoms with Gasteiger partial charge in [-0.1, -0.05) is 38.5 Å². The van der Waals surface area contributed by atoms with E-state index in [1.807, 2.05) is 4.90 Å². The molecule has 5 nitrogen and oxygen atoms in total. The molecule has 1 unspecified atom stereocenters. The standard InChI is InChI=1S/C19H32N2O3/c22-18(14-20-13-7-12-17(20)19(23)24)21(15-8-3-1-4-9-15)16-10-5-2-6-11-16/h15-17H,1-14H2,(H,23,24). The molecule has 1 heterocycles. The first-order valence-corrected chi connectivity index (χ1v) is 9.95. The van der Waals surface area contributed by atoms with E-state index in [2.05, 4.69) is 4.90 Å². The highest BCUT2D eigenvalue weighted by atomic mass is 16.4. The highest BCUT2D eigenvalue weighted by Gasteiger charge is 2.36. The maximum Gasteiger partial charge on any atom is 0.320 e. The predicted molar refractivity (Wildman–Crippen MR) is 92.8 cm³/mol. The Morgan fingerprint density at radius 2 is 1.38 bits per heavy atom. The highest BCUT2D eigenvalue weighted by molar-refractivity contribution is 5.81. The molecule has 2 aliphatic carbocycles. The van der Waals surface area contributed by atoms with Gasteiger partial charge in [-0.25, -0.2) is 0 Å². The zero-order chi connectivity index (χ0) is 16.9. The third-order valence-corrected chi connectivity index (χ3v) is 6.21. The van der Waals surface area contributed by atoms with Crippen LogP contribution in [-0.2, 0) is 9.59 Å². The fourth-order valence-corrected chi connectivity index (χ4v) is 4.97. The molecule has 5 heteroatoms. The molecule has 0 spiro atoms. The SMILES string of the molecule is O=C(O)C1CCCN1CC(=O)N(C1CCCCC1)C1CCCCC1. The van der Waals surface area contributed by atoms with E-state index >= 15 is 0 Å². The minimum Gasteiger partial charge on any atom is -0.480 e. The fourth-order valence-electron chi connectivity index (χ4n) is 4.97. The van der Waals surface area contributed by atoms with Crippen LogP contribution in [0, 0.1) is 0 Å². The quantitative estimate of drug-likeness (QED) is 0.838. The van der Waals surface area contributed by atoms with Crippen LogP contribution in [0.2, 0.25) is 0 Å². The monoisotopic (exact) mass is 336 g/mol. The minimum absolute atomic E-state index is 0.182. The summed E-state index contributed by atoms with van der Waals surface area (Å²) in [6.07, 6.45) is 13.6. The van der Waals surface area contributed by atoms with Crippen molar-refractivity contribution < 1.29 is 14.7 Å². The van der Waals surface area contributed by atoms with E-state index in [1.54, 1.807) is 0 Å². The van der Waals surface area contributed by atoms with Crippen molar-refractivity contribution in [1.82, 2.24) is 9.80 Å². The van der Waals surface area contributed by atoms with Gasteiger partial charge in [0, 0.05) is 12.1 Å². The molecule has 3 fully saturated rings. The Hall–Kier alpha value is -1.10. The second-order valence-electron chi connectivity index (χ2n) is 7.85. The van der Waals surface area contributed by atoms with Gasteiger partial charge in [-0.15, -0.1) is 0 Å². The van der Waals surface area contributed by atoms with Gasteiger partial charge >= 0.3 is 5.97 Å². The lowest BCUT2D eigenvalue weighted by atomic mass is 9.88. The summed E-state index contributed by atoms with van der Waals surface area (Å²) in [5.41, 5.74) is 0. The zero-order valence-corrected chi connectivity index (χ0v) is 14.8. The summed E-state index contributed by atoms with van der Waals surface area (Å²) in [5.74, 6) is -0.593. The third-order valence-electron chi connectivity index (χ3n) is 6.21. The molecular weight excluding hydrogens is 304 g/mol. The van der Waals surface area contributed by atoms with Gasteiger partial charge in [-0.2, -0.15) is 0 Å². The average Bonchev–Trinajstić information content (AvgIpc) is 3.05. The van der Waals surface area contributed by atoms with Gasteiger partial charge in [0.05, 0.1) is 6.54 Å². The largest absolute Gasteiger partial charge is 0.480 e. The van der Waals surface area contributed by atoms with Crippen LogP contribution in [-0.4, -0.2) is 58.0 Å². The fraction of sp³-hybridized carbons (Fsp3) is 0.895. The van der Waals surface area contributed by atoms with E-state index in [9.17, 15) is 14.7 Å². The number of carboxylic acid groups (broad SMARTS) is 1. The third kappa shape index (κ3) is 4.11. The lowest BCUT2D eigenvalue weighted by Crippen LogP contribution is -2.53. The lowest BCUT2D eigenvalue weighted by Gasteiger charge is -2.42. The Morgan fingerprint density at radius 3 is 1.88 bits per heavy atom. The Balaban J connectivity index is 1.68. The van der Waals surface area contributed by atoms with Crippen molar-refractivity contribution >= 4 is 11.9 Å². The van der Waals surface area contributed by atoms with E-state index < -0.39 is 12.0 Å². The van der Waals surface area contributed by atoms with Crippen molar-refractivity contribution in [2.45, 2.75) is 95.2 Å². The van der Waals surface area contributed by atoms with Crippen molar-refractivity contribution in [1.29, 1.82) is 0 Å². The molecule has 0 aromatic heterocycles. The summed E-state index contributed by atoms with van der Waals surface area (Å²) < 4.78 is 0. The number of likely N-dealkylation sites (tertiary alicyclic amines) is 1. The van der Waals surface area contributed by atoms with Crippen LogP contribution < -0.4 is 0 Å². The lowest BCUT2D eigenvalue weighted by molar-refractivity contribution is -0.145. The summed E-state index contributed by atoms with van der Waals surface area (Å²) in [5, 5.41) is 9.37. The van der Waals surface area contributed by atoms with Crippen molar-refractivity contribution in [3.8, 4) is 0 Å². The normalized spacial score (nSPS) is 27.2. The molecule has 0 bridgehead atoms. The number of carbonyl (C=O) groups is 2. The summed E-state index contributed by atoms with van der Waals surface area (Å²) >= 11 is 0. The van der Waals surface area contributed by atoms with Gasteiger partial charge < -0.3 is 10.0 Å². The first-order valence-electron chi connectivity index (χ1n) is 9.95. The summed E-state index contributed by atoms with van der Waals surface area (Å²) in [6.45, 7) is 1.04. The number of carbonyl (C=O) groups excluding carboxylic acids is 1. The van der Waals surface area contributed by atoms with Crippen molar-refractivity contribution in [2.24, 2.45) is 0 Å². The molecule has 3 rings (SSSR count). The number of hydrogen-bond donors (Lipinski definition) is 1. The number of aliphatic carboxylic acids is 1. The first kappa shape index (κ1) is 17.7. The molecule has 1 atom stereocenters. The van der Waals surface area contributed by atoms with Crippen molar-refractivity contribution in [3.63, 3.8) is 0 Å². The van der Waals surface area contributed by atoms with Crippen LogP contribution in [0.15, 0.2) is 0 Å². The zero-order valence-electron chi connectivity index (χ0n) is 14.8. The molecule has 1 aliphatic heterocycles. The van der Waals surface area contributed by atoms with Crippen LogP contribution in [0.4, 0.5) is 0 Å². The van der Waals surface area contributed by atoms with Gasteiger partial charge in [0.15, 0.2) is 0 Å². The molecule has 1 saturated heterocycles. The second-order valence-corrected chi connectivity index (χ2v) is 7.85. The van der Waals surface area contributed by atoms with Crippen LogP contribution >= 0.6 is 0 Å². The van der Waals surface area contributed by atoms with E-state index in [-0.39, 0.29) is 5.91 Å². The molecule has 1 N–H and O–H groups in total. The molecule has 136 valence electrons. The van der Waals surface area contributed by atoms with E-state index in [1.165, 1.54) is 38.5 Å². The van der Waals surface area contributed by atoms with Gasteiger partial charge in [-0.3, -0.25) is 14.5 Å². The van der Waals surface area contributed by atoms with E-state index in [4.69, 9.17) is 0 Å². The Bertz CT molecular complexity index is 424. The number of carboxylic acids is 1. The van der Waals surface area contributed by atoms with Crippen LogP contribution in [0.25, 0.3) is 0 Å². The Labute approximate surface area is 145 Å².